The second kappa shape index (κ2) is 5.26. The van der Waals surface area contributed by atoms with Crippen molar-refractivity contribution in [3.05, 3.63) is 23.5 Å². The van der Waals surface area contributed by atoms with Gasteiger partial charge in [-0.3, -0.25) is 9.89 Å². The summed E-state index contributed by atoms with van der Waals surface area (Å²) in [6.07, 6.45) is 2.42. The van der Waals surface area contributed by atoms with Crippen molar-refractivity contribution < 1.29 is 14.3 Å². The summed E-state index contributed by atoms with van der Waals surface area (Å²) in [6.45, 7) is 8.29. The molecule has 1 N–H and O–H groups in total. The number of nitrogens with zero attached hydrogens (tertiary/aromatic N) is 3. The average molecular weight is 330 g/mol. The summed E-state index contributed by atoms with van der Waals surface area (Å²) < 4.78 is 11.8. The zero-order valence-corrected chi connectivity index (χ0v) is 14.3. The van der Waals surface area contributed by atoms with Gasteiger partial charge in [0.2, 0.25) is 0 Å². The lowest BCUT2D eigenvalue weighted by molar-refractivity contribution is -0.186. The van der Waals surface area contributed by atoms with Crippen LogP contribution in [0.3, 0.4) is 0 Å². The molecule has 2 aliphatic rings. The molecule has 1 unspecified atom stereocenters. The van der Waals surface area contributed by atoms with Crippen molar-refractivity contribution in [3.8, 4) is 0 Å². The lowest BCUT2D eigenvalue weighted by Crippen LogP contribution is -2.61. The number of pyridine rings is 1. The summed E-state index contributed by atoms with van der Waals surface area (Å²) in [5, 5.41) is 7.90. The van der Waals surface area contributed by atoms with Gasteiger partial charge in [0, 0.05) is 36.8 Å². The number of amides is 1. The Bertz CT molecular complexity index is 792. The van der Waals surface area contributed by atoms with E-state index in [1.165, 1.54) is 0 Å². The van der Waals surface area contributed by atoms with E-state index in [0.29, 0.717) is 37.5 Å². The number of hydrogen-bond donors (Lipinski definition) is 1. The third kappa shape index (κ3) is 2.57. The van der Waals surface area contributed by atoms with Crippen molar-refractivity contribution in [3.63, 3.8) is 0 Å². The molecule has 24 heavy (non-hydrogen) atoms. The van der Waals surface area contributed by atoms with E-state index in [4.69, 9.17) is 9.47 Å². The summed E-state index contributed by atoms with van der Waals surface area (Å²) in [5.41, 5.74) is 1.34. The lowest BCUT2D eigenvalue weighted by Gasteiger charge is -2.48. The van der Waals surface area contributed by atoms with Crippen molar-refractivity contribution in [2.24, 2.45) is 0 Å². The number of aryl methyl sites for hydroxylation is 1. The number of aromatic amines is 1. The minimum absolute atomic E-state index is 0.0207. The molecule has 2 fully saturated rings. The molecule has 128 valence electrons. The van der Waals surface area contributed by atoms with E-state index < -0.39 is 5.60 Å². The fourth-order valence-electron chi connectivity index (χ4n) is 3.77. The Hall–Kier alpha value is -1.99. The summed E-state index contributed by atoms with van der Waals surface area (Å²) in [7, 11) is 0. The summed E-state index contributed by atoms with van der Waals surface area (Å²) >= 11 is 0. The third-order valence-corrected chi connectivity index (χ3v) is 4.74. The van der Waals surface area contributed by atoms with Gasteiger partial charge in [0.05, 0.1) is 24.3 Å². The highest BCUT2D eigenvalue weighted by Gasteiger charge is 2.48. The van der Waals surface area contributed by atoms with Gasteiger partial charge in [0.1, 0.15) is 5.60 Å². The first-order valence-electron chi connectivity index (χ1n) is 8.26. The standard InChI is InChI=1S/C17H22N4O3/c1-11-13-6-12(7-18-14(13)20-19-11)15(22)21-8-16(2,3)24-17(9-21)4-5-23-10-17/h6-7H,4-5,8-10H2,1-3H3,(H,18,19,20). The Labute approximate surface area is 140 Å². The first kappa shape index (κ1) is 15.5. The van der Waals surface area contributed by atoms with E-state index in [2.05, 4.69) is 15.2 Å². The SMILES string of the molecule is Cc1[nH]nc2ncc(C(=O)N3CC(C)(C)OC4(CCOC4)C3)cc12. The first-order chi connectivity index (χ1) is 11.4. The van der Waals surface area contributed by atoms with Gasteiger partial charge in [0.25, 0.3) is 5.91 Å². The Morgan fingerprint density at radius 2 is 2.21 bits per heavy atom. The molecular weight excluding hydrogens is 308 g/mol. The number of nitrogens with one attached hydrogen (secondary N) is 1. The number of carbonyl (C=O) groups is 1. The van der Waals surface area contributed by atoms with E-state index >= 15 is 0 Å². The third-order valence-electron chi connectivity index (χ3n) is 4.74. The number of carbonyl (C=O) groups excluding carboxylic acids is 1. The average Bonchev–Trinajstić information content (AvgIpc) is 3.12. The highest BCUT2D eigenvalue weighted by atomic mass is 16.6. The molecule has 1 amide bonds. The van der Waals surface area contributed by atoms with Crippen LogP contribution in [0.5, 0.6) is 0 Å². The molecule has 7 nitrogen and oxygen atoms in total. The van der Waals surface area contributed by atoms with Gasteiger partial charge in [-0.25, -0.2) is 4.98 Å². The highest BCUT2D eigenvalue weighted by Crippen LogP contribution is 2.35. The molecule has 0 aliphatic carbocycles. The molecule has 1 atom stereocenters. The van der Waals surface area contributed by atoms with Crippen LogP contribution in [-0.2, 0) is 9.47 Å². The molecule has 0 aromatic carbocycles. The fraction of sp³-hybridized carbons (Fsp3) is 0.588. The van der Waals surface area contributed by atoms with Crippen molar-refractivity contribution in [2.75, 3.05) is 26.3 Å². The summed E-state index contributed by atoms with van der Waals surface area (Å²) in [5.74, 6) is -0.0207. The predicted molar refractivity (Wildman–Crippen MR) is 87.9 cm³/mol. The van der Waals surface area contributed by atoms with Crippen LogP contribution >= 0.6 is 0 Å². The maximum Gasteiger partial charge on any atom is 0.255 e. The zero-order valence-electron chi connectivity index (χ0n) is 14.3. The fourth-order valence-corrected chi connectivity index (χ4v) is 3.77. The first-order valence-corrected chi connectivity index (χ1v) is 8.26. The minimum atomic E-state index is -0.398. The summed E-state index contributed by atoms with van der Waals surface area (Å²) in [6, 6.07) is 1.86. The Balaban J connectivity index is 1.65. The van der Waals surface area contributed by atoms with Gasteiger partial charge in [-0.2, -0.15) is 5.10 Å². The van der Waals surface area contributed by atoms with Gasteiger partial charge in [-0.05, 0) is 26.8 Å². The lowest BCUT2D eigenvalue weighted by atomic mass is 9.94. The molecule has 7 heteroatoms. The highest BCUT2D eigenvalue weighted by molar-refractivity contribution is 5.97. The van der Waals surface area contributed by atoms with Gasteiger partial charge < -0.3 is 14.4 Å². The van der Waals surface area contributed by atoms with Crippen LogP contribution < -0.4 is 0 Å². The number of ether oxygens (including phenoxy) is 2. The summed E-state index contributed by atoms with van der Waals surface area (Å²) in [4.78, 5) is 19.2. The van der Waals surface area contributed by atoms with E-state index in [9.17, 15) is 4.79 Å². The monoisotopic (exact) mass is 330 g/mol. The quantitative estimate of drug-likeness (QED) is 0.860. The largest absolute Gasteiger partial charge is 0.378 e. The maximum atomic E-state index is 13.1. The molecule has 0 bridgehead atoms. The molecule has 2 aliphatic heterocycles. The molecule has 0 saturated carbocycles. The van der Waals surface area contributed by atoms with Crippen molar-refractivity contribution >= 4 is 16.9 Å². The van der Waals surface area contributed by atoms with Crippen LogP contribution in [0.1, 0.15) is 36.3 Å². The molecular formula is C17H22N4O3. The number of hydrogen-bond acceptors (Lipinski definition) is 5. The normalized spacial score (nSPS) is 26.4. The molecule has 2 aromatic rings. The number of morpholine rings is 1. The number of aromatic nitrogens is 3. The van der Waals surface area contributed by atoms with Crippen LogP contribution in [0.25, 0.3) is 11.0 Å². The Kier molecular flexibility index (Phi) is 3.40. The van der Waals surface area contributed by atoms with Gasteiger partial charge in [-0.1, -0.05) is 0 Å². The van der Waals surface area contributed by atoms with E-state index in [-0.39, 0.29) is 11.5 Å². The van der Waals surface area contributed by atoms with E-state index in [1.807, 2.05) is 31.7 Å². The van der Waals surface area contributed by atoms with E-state index in [1.54, 1.807) is 6.20 Å². The van der Waals surface area contributed by atoms with Crippen LogP contribution in [0.15, 0.2) is 12.3 Å². The molecule has 2 saturated heterocycles. The Morgan fingerprint density at radius 3 is 2.96 bits per heavy atom. The minimum Gasteiger partial charge on any atom is -0.378 e. The van der Waals surface area contributed by atoms with Crippen LogP contribution in [-0.4, -0.2) is 63.5 Å². The maximum absolute atomic E-state index is 13.1. The molecule has 2 aromatic heterocycles. The smallest absolute Gasteiger partial charge is 0.255 e. The van der Waals surface area contributed by atoms with Crippen molar-refractivity contribution in [1.82, 2.24) is 20.1 Å². The second-order valence-corrected chi connectivity index (χ2v) is 7.45. The predicted octanol–water partition coefficient (Wildman–Crippen LogP) is 1.68. The second-order valence-electron chi connectivity index (χ2n) is 7.45. The molecule has 4 rings (SSSR count). The van der Waals surface area contributed by atoms with Gasteiger partial charge >= 0.3 is 0 Å². The van der Waals surface area contributed by atoms with Gasteiger partial charge in [-0.15, -0.1) is 0 Å². The molecule has 4 heterocycles. The number of rotatable bonds is 1. The van der Waals surface area contributed by atoms with Crippen molar-refractivity contribution in [1.29, 1.82) is 0 Å². The van der Waals surface area contributed by atoms with E-state index in [0.717, 1.165) is 17.5 Å². The zero-order chi connectivity index (χ0) is 16.9. The van der Waals surface area contributed by atoms with Crippen LogP contribution in [0.2, 0.25) is 0 Å². The number of H-pyrrole nitrogens is 1. The topological polar surface area (TPSA) is 80.3 Å². The van der Waals surface area contributed by atoms with Gasteiger partial charge in [0.15, 0.2) is 5.65 Å². The van der Waals surface area contributed by atoms with Crippen molar-refractivity contribution in [2.45, 2.75) is 38.4 Å². The molecule has 0 radical (unpaired) electrons. The van der Waals surface area contributed by atoms with Crippen LogP contribution in [0.4, 0.5) is 0 Å². The molecule has 1 spiro atoms. The van der Waals surface area contributed by atoms with Crippen LogP contribution in [0, 0.1) is 6.92 Å². The number of fused-ring (bicyclic) bond motifs is 1. The Morgan fingerprint density at radius 1 is 1.38 bits per heavy atom.